The van der Waals surface area contributed by atoms with E-state index in [1.165, 1.54) is 24.3 Å². The predicted octanol–water partition coefficient (Wildman–Crippen LogP) is -2.63. The molecular formula is C18H14NNaO7S. The molecule has 1 aliphatic heterocycles. The first-order chi connectivity index (χ1) is 12.8. The van der Waals surface area contributed by atoms with Crippen molar-refractivity contribution in [2.75, 3.05) is 0 Å². The molecule has 0 aliphatic carbocycles. The van der Waals surface area contributed by atoms with E-state index < -0.39 is 45.4 Å². The van der Waals surface area contributed by atoms with Gasteiger partial charge in [-0.05, 0) is 11.1 Å². The van der Waals surface area contributed by atoms with Crippen molar-refractivity contribution in [1.82, 2.24) is 0 Å². The largest absolute Gasteiger partial charge is 1.00 e. The number of hydrogen-bond acceptors (Lipinski definition) is 8. The average Bonchev–Trinajstić information content (AvgIpc) is 2.90. The van der Waals surface area contributed by atoms with Crippen LogP contribution in [-0.2, 0) is 29.6 Å². The first kappa shape index (κ1) is 22.0. The van der Waals surface area contributed by atoms with Gasteiger partial charge in [0.05, 0.1) is 5.97 Å². The van der Waals surface area contributed by atoms with Gasteiger partial charge in [-0.1, -0.05) is 54.6 Å². The third kappa shape index (κ3) is 4.93. The monoisotopic (exact) mass is 411 g/mol. The van der Waals surface area contributed by atoms with Gasteiger partial charge in [-0.25, -0.2) is 0 Å². The number of ether oxygens (including phenoxy) is 1. The number of carboxylic acids is 1. The fourth-order valence-corrected chi connectivity index (χ4v) is 3.58. The fourth-order valence-electron chi connectivity index (χ4n) is 2.50. The second-order valence-corrected chi connectivity index (χ2v) is 7.31. The molecule has 1 atom stereocenters. The number of ketones is 1. The molecule has 28 heavy (non-hydrogen) atoms. The Balaban J connectivity index is 0.00000280. The summed E-state index contributed by atoms with van der Waals surface area (Å²) in [6, 6.07) is 13.5. The summed E-state index contributed by atoms with van der Waals surface area (Å²) in [5, 5.41) is 10.8. The van der Waals surface area contributed by atoms with Gasteiger partial charge in [-0.15, -0.1) is 0 Å². The van der Waals surface area contributed by atoms with E-state index >= 15 is 0 Å². The van der Waals surface area contributed by atoms with Crippen LogP contribution in [0.5, 0.6) is 0 Å². The van der Waals surface area contributed by atoms with E-state index in [2.05, 4.69) is 0 Å². The maximum Gasteiger partial charge on any atom is 1.00 e. The van der Waals surface area contributed by atoms with Gasteiger partial charge in [0.25, 0.3) is 0 Å². The number of carbonyl (C=O) groups excluding carboxylic acids is 2. The maximum atomic E-state index is 12.5. The fraction of sp³-hybridized carbons (Fsp3) is 0.111. The number of carboxylic acid groups (broad SMARTS) is 1. The van der Waals surface area contributed by atoms with E-state index in [1.54, 1.807) is 30.3 Å². The first-order valence-corrected chi connectivity index (χ1v) is 9.32. The van der Waals surface area contributed by atoms with E-state index in [0.717, 1.165) is 0 Å². The standard InChI is InChI=1S/C18H15NO7S.Na/c19-17-16(26-27(23,24)10-11-4-2-1-3-5-11)14(20)15(25-17)12-6-8-13(9-7-12)18(21)22;/h1-9,15H,10,19H2,(H,21,22);/q;+1/p-1. The summed E-state index contributed by atoms with van der Waals surface area (Å²) in [4.78, 5) is 23.3. The molecule has 10 heteroatoms. The zero-order valence-corrected chi connectivity index (χ0v) is 17.6. The molecule has 2 N–H and O–H groups in total. The van der Waals surface area contributed by atoms with Gasteiger partial charge in [0, 0.05) is 5.56 Å². The Morgan fingerprint density at radius 2 is 1.71 bits per heavy atom. The second kappa shape index (κ2) is 8.78. The van der Waals surface area contributed by atoms with E-state index in [1.807, 2.05) is 0 Å². The summed E-state index contributed by atoms with van der Waals surface area (Å²) in [5.41, 5.74) is 6.32. The molecule has 0 saturated heterocycles. The van der Waals surface area contributed by atoms with E-state index in [0.29, 0.717) is 11.1 Å². The summed E-state index contributed by atoms with van der Waals surface area (Å²) in [7, 11) is -4.13. The van der Waals surface area contributed by atoms with Crippen LogP contribution < -0.4 is 40.4 Å². The van der Waals surface area contributed by atoms with Crippen LogP contribution in [0.1, 0.15) is 27.6 Å². The van der Waals surface area contributed by atoms with Crippen LogP contribution in [0.3, 0.4) is 0 Å². The van der Waals surface area contributed by atoms with E-state index in [4.69, 9.17) is 14.7 Å². The molecule has 2 aromatic rings. The van der Waals surface area contributed by atoms with Gasteiger partial charge < -0.3 is 24.6 Å². The zero-order valence-electron chi connectivity index (χ0n) is 14.8. The van der Waals surface area contributed by atoms with Crippen LogP contribution in [0.4, 0.5) is 0 Å². The number of rotatable bonds is 6. The van der Waals surface area contributed by atoms with Crippen molar-refractivity contribution in [1.29, 1.82) is 0 Å². The SMILES string of the molecule is NC1=C(OS(=O)(=O)Cc2ccccc2)C(=O)C(c2ccc(C(=O)[O-])cc2)O1.[Na+]. The van der Waals surface area contributed by atoms with Crippen molar-refractivity contribution < 1.29 is 61.6 Å². The Morgan fingerprint density at radius 3 is 2.29 bits per heavy atom. The maximum absolute atomic E-state index is 12.5. The molecule has 3 rings (SSSR count). The van der Waals surface area contributed by atoms with Gasteiger partial charge in [-0.3, -0.25) is 4.79 Å². The summed E-state index contributed by atoms with van der Waals surface area (Å²) in [6.07, 6.45) is -1.22. The van der Waals surface area contributed by atoms with E-state index in [9.17, 15) is 23.1 Å². The van der Waals surface area contributed by atoms with Crippen molar-refractivity contribution >= 4 is 21.9 Å². The zero-order chi connectivity index (χ0) is 19.6. The number of aromatic carboxylic acids is 1. The summed E-state index contributed by atoms with van der Waals surface area (Å²) in [5.74, 6) is -3.63. The minimum atomic E-state index is -4.13. The molecule has 2 aromatic carbocycles. The van der Waals surface area contributed by atoms with Crippen molar-refractivity contribution in [3.8, 4) is 0 Å². The third-order valence-electron chi connectivity index (χ3n) is 3.78. The Hall–Kier alpha value is -2.33. The van der Waals surface area contributed by atoms with Crippen molar-refractivity contribution in [3.63, 3.8) is 0 Å². The van der Waals surface area contributed by atoms with E-state index in [-0.39, 0.29) is 35.1 Å². The van der Waals surface area contributed by atoms with Gasteiger partial charge in [-0.2, -0.15) is 8.42 Å². The summed E-state index contributed by atoms with van der Waals surface area (Å²) >= 11 is 0. The molecule has 0 amide bonds. The minimum absolute atomic E-state index is 0. The van der Waals surface area contributed by atoms with Crippen LogP contribution in [0.2, 0.25) is 0 Å². The molecule has 1 aliphatic rings. The Morgan fingerprint density at radius 1 is 1.11 bits per heavy atom. The van der Waals surface area contributed by atoms with Gasteiger partial charge in [0.2, 0.25) is 17.4 Å². The number of Topliss-reactive ketones (excluding diaryl/α,β-unsaturated/α-hetero) is 1. The minimum Gasteiger partial charge on any atom is -0.545 e. The molecular weight excluding hydrogens is 397 g/mol. The Bertz CT molecular complexity index is 1020. The normalized spacial score (nSPS) is 16.3. The molecule has 0 saturated carbocycles. The summed E-state index contributed by atoms with van der Waals surface area (Å²) in [6.45, 7) is 0. The predicted molar refractivity (Wildman–Crippen MR) is 91.0 cm³/mol. The van der Waals surface area contributed by atoms with Crippen LogP contribution in [-0.4, -0.2) is 20.2 Å². The van der Waals surface area contributed by atoms with Gasteiger partial charge in [0.1, 0.15) is 5.75 Å². The van der Waals surface area contributed by atoms with Crippen molar-refractivity contribution in [3.05, 3.63) is 82.9 Å². The number of carbonyl (C=O) groups is 2. The topological polar surface area (TPSA) is 136 Å². The van der Waals surface area contributed by atoms with Crippen molar-refractivity contribution in [2.24, 2.45) is 5.73 Å². The Kier molecular flexibility index (Phi) is 6.89. The summed E-state index contributed by atoms with van der Waals surface area (Å²) < 4.78 is 34.5. The molecule has 0 spiro atoms. The molecule has 0 aromatic heterocycles. The smallest absolute Gasteiger partial charge is 0.545 e. The average molecular weight is 411 g/mol. The molecule has 140 valence electrons. The first-order valence-electron chi connectivity index (χ1n) is 7.75. The van der Waals surface area contributed by atoms with Gasteiger partial charge >= 0.3 is 39.7 Å². The molecule has 8 nitrogen and oxygen atoms in total. The molecule has 0 bridgehead atoms. The molecule has 1 heterocycles. The molecule has 0 fully saturated rings. The second-order valence-electron chi connectivity index (χ2n) is 5.74. The number of nitrogens with two attached hydrogens (primary N) is 1. The van der Waals surface area contributed by atoms with Crippen LogP contribution in [0, 0.1) is 0 Å². The van der Waals surface area contributed by atoms with Crippen molar-refractivity contribution in [2.45, 2.75) is 11.9 Å². The van der Waals surface area contributed by atoms with Crippen LogP contribution in [0.15, 0.2) is 66.2 Å². The van der Waals surface area contributed by atoms with Crippen LogP contribution >= 0.6 is 0 Å². The third-order valence-corrected chi connectivity index (χ3v) is 4.88. The molecule has 1 unspecified atom stereocenters. The Labute approximate surface area is 183 Å². The number of benzene rings is 2. The van der Waals surface area contributed by atoms with Crippen LogP contribution in [0.25, 0.3) is 0 Å². The quantitative estimate of drug-likeness (QED) is 0.403. The molecule has 0 radical (unpaired) electrons. The number of hydrogen-bond donors (Lipinski definition) is 1. The van der Waals surface area contributed by atoms with Gasteiger partial charge in [0.15, 0.2) is 6.10 Å².